The maximum absolute atomic E-state index is 12.4. The number of anilines is 1. The van der Waals surface area contributed by atoms with Crippen molar-refractivity contribution in [2.45, 2.75) is 33.4 Å². The smallest absolute Gasteiger partial charge is 0.410 e. The number of hydrogen-bond donors (Lipinski definition) is 1. The fraction of sp³-hybridized carbons (Fsp3) is 0.292. The van der Waals surface area contributed by atoms with Crippen LogP contribution >= 0.6 is 0 Å². The predicted octanol–water partition coefficient (Wildman–Crippen LogP) is 3.65. The van der Waals surface area contributed by atoms with E-state index in [1.807, 2.05) is 55.5 Å². The van der Waals surface area contributed by atoms with Gasteiger partial charge in [-0.1, -0.05) is 36.9 Å². The normalized spacial score (nSPS) is 12.3. The lowest BCUT2D eigenvalue weighted by Gasteiger charge is -2.17. The van der Waals surface area contributed by atoms with E-state index in [1.165, 1.54) is 0 Å². The molecular formula is C24H29N3O2. The van der Waals surface area contributed by atoms with Crippen molar-refractivity contribution in [3.8, 4) is 0 Å². The molecule has 1 aromatic heterocycles. The number of nitrogens with two attached hydrogens (primary N) is 1. The van der Waals surface area contributed by atoms with Gasteiger partial charge in [0.1, 0.15) is 6.61 Å². The largest absolute Gasteiger partial charge is 0.445 e. The van der Waals surface area contributed by atoms with Crippen LogP contribution in [0.2, 0.25) is 0 Å². The van der Waals surface area contributed by atoms with Crippen molar-refractivity contribution in [3.05, 3.63) is 64.7 Å². The van der Waals surface area contributed by atoms with Crippen LogP contribution in [-0.4, -0.2) is 29.2 Å². The van der Waals surface area contributed by atoms with E-state index in [2.05, 4.69) is 25.0 Å². The highest BCUT2D eigenvalue weighted by atomic mass is 16.6. The summed E-state index contributed by atoms with van der Waals surface area (Å²) in [5.74, 6) is 0. The second-order valence-electron chi connectivity index (χ2n) is 7.74. The van der Waals surface area contributed by atoms with Crippen molar-refractivity contribution >= 4 is 34.8 Å². The van der Waals surface area contributed by atoms with E-state index in [0.717, 1.165) is 32.6 Å². The van der Waals surface area contributed by atoms with Crippen molar-refractivity contribution in [2.24, 2.45) is 0 Å². The van der Waals surface area contributed by atoms with Crippen LogP contribution in [0.15, 0.2) is 48.5 Å². The van der Waals surface area contributed by atoms with Crippen LogP contribution in [0.3, 0.4) is 0 Å². The molecule has 2 aromatic carbocycles. The minimum Gasteiger partial charge on any atom is -0.445 e. The summed E-state index contributed by atoms with van der Waals surface area (Å²) in [6.45, 7) is 11.3. The van der Waals surface area contributed by atoms with Gasteiger partial charge in [-0.15, -0.1) is 0 Å². The molecule has 1 heterocycles. The Morgan fingerprint density at radius 2 is 1.90 bits per heavy atom. The summed E-state index contributed by atoms with van der Waals surface area (Å²) in [5, 5.41) is 3.04. The second kappa shape index (κ2) is 8.43. The zero-order valence-electron chi connectivity index (χ0n) is 17.6. The van der Waals surface area contributed by atoms with Crippen LogP contribution in [0.4, 0.5) is 10.5 Å². The van der Waals surface area contributed by atoms with E-state index < -0.39 is 0 Å². The van der Waals surface area contributed by atoms with Crippen molar-refractivity contribution in [3.63, 3.8) is 0 Å². The molecule has 0 fully saturated rings. The van der Waals surface area contributed by atoms with Crippen LogP contribution in [0.25, 0.3) is 23.1 Å². The van der Waals surface area contributed by atoms with Gasteiger partial charge in [-0.25, -0.2) is 4.79 Å². The highest BCUT2D eigenvalue weighted by molar-refractivity contribution is 5.86. The maximum Gasteiger partial charge on any atom is 0.410 e. The minimum absolute atomic E-state index is 0.257. The van der Waals surface area contributed by atoms with Gasteiger partial charge in [0, 0.05) is 46.8 Å². The van der Waals surface area contributed by atoms with Crippen LogP contribution in [0.1, 0.15) is 32.4 Å². The molecule has 0 saturated heterocycles. The Labute approximate surface area is 171 Å². The average molecular weight is 392 g/mol. The van der Waals surface area contributed by atoms with Gasteiger partial charge < -0.3 is 19.9 Å². The fourth-order valence-corrected chi connectivity index (χ4v) is 3.78. The molecule has 0 unspecified atom stereocenters. The van der Waals surface area contributed by atoms with E-state index in [0.29, 0.717) is 12.2 Å². The predicted molar refractivity (Wildman–Crippen MR) is 120 cm³/mol. The number of carbonyl (C=O) groups excluding carboxylic acids is 1. The molecule has 0 saturated carbocycles. The monoisotopic (exact) mass is 391 g/mol. The number of fused-ring (bicyclic) bond motifs is 1. The molecule has 0 bridgehead atoms. The van der Waals surface area contributed by atoms with Crippen molar-refractivity contribution < 1.29 is 9.53 Å². The first kappa shape index (κ1) is 20.5. The van der Waals surface area contributed by atoms with Crippen LogP contribution in [-0.2, 0) is 11.3 Å². The first-order valence-electron chi connectivity index (χ1n) is 9.79. The van der Waals surface area contributed by atoms with Crippen LogP contribution < -0.4 is 16.3 Å². The van der Waals surface area contributed by atoms with Crippen molar-refractivity contribution in [1.82, 2.24) is 9.47 Å². The van der Waals surface area contributed by atoms with Crippen molar-refractivity contribution in [1.29, 1.82) is 0 Å². The van der Waals surface area contributed by atoms with Crippen LogP contribution in [0.5, 0.6) is 0 Å². The summed E-state index contributed by atoms with van der Waals surface area (Å²) in [6.07, 6.45) is -0.356. The van der Waals surface area contributed by atoms with Gasteiger partial charge in [0.2, 0.25) is 0 Å². The summed E-state index contributed by atoms with van der Waals surface area (Å²) in [7, 11) is 1.75. The molecule has 5 nitrogen and oxygen atoms in total. The molecule has 0 atom stereocenters. The Bertz CT molecular complexity index is 1130. The zero-order valence-corrected chi connectivity index (χ0v) is 17.6. The summed E-state index contributed by atoms with van der Waals surface area (Å²) in [4.78, 5) is 14.0. The molecule has 3 rings (SSSR count). The number of amides is 1. The first-order valence-corrected chi connectivity index (χ1v) is 9.79. The van der Waals surface area contributed by atoms with Gasteiger partial charge >= 0.3 is 6.09 Å². The molecule has 0 aliphatic heterocycles. The maximum atomic E-state index is 12.4. The highest BCUT2D eigenvalue weighted by Gasteiger charge is 2.15. The Morgan fingerprint density at radius 1 is 1.21 bits per heavy atom. The molecule has 0 aliphatic rings. The van der Waals surface area contributed by atoms with E-state index in [9.17, 15) is 4.79 Å². The quantitative estimate of drug-likeness (QED) is 0.676. The lowest BCUT2D eigenvalue weighted by atomic mass is 10.1. The number of rotatable bonds is 5. The molecule has 152 valence electrons. The SMILES string of the molecule is C=c1/c(=C(\C)CN(C)C(=O)OCc2ccccc2)c2cc(N)ccc2n1C(C)C. The molecule has 0 aliphatic carbocycles. The van der Waals surface area contributed by atoms with Gasteiger partial charge in [0.25, 0.3) is 0 Å². The molecule has 3 aromatic rings. The summed E-state index contributed by atoms with van der Waals surface area (Å²) < 4.78 is 7.65. The summed E-state index contributed by atoms with van der Waals surface area (Å²) in [5.41, 5.74) is 9.87. The third-order valence-corrected chi connectivity index (χ3v) is 5.06. The molecule has 2 N–H and O–H groups in total. The topological polar surface area (TPSA) is 60.5 Å². The molecular weight excluding hydrogens is 362 g/mol. The summed E-state index contributed by atoms with van der Waals surface area (Å²) in [6, 6.07) is 15.9. The van der Waals surface area contributed by atoms with Gasteiger partial charge in [0.15, 0.2) is 0 Å². The van der Waals surface area contributed by atoms with E-state index in [-0.39, 0.29) is 18.7 Å². The van der Waals surface area contributed by atoms with E-state index in [1.54, 1.807) is 11.9 Å². The lowest BCUT2D eigenvalue weighted by Crippen LogP contribution is -2.35. The molecule has 0 spiro atoms. The summed E-state index contributed by atoms with van der Waals surface area (Å²) >= 11 is 0. The number of ether oxygens (including phenoxy) is 1. The number of carbonyl (C=O) groups is 1. The third kappa shape index (κ3) is 4.29. The minimum atomic E-state index is -0.356. The van der Waals surface area contributed by atoms with Crippen LogP contribution in [0, 0.1) is 0 Å². The second-order valence-corrected chi connectivity index (χ2v) is 7.74. The van der Waals surface area contributed by atoms with Gasteiger partial charge in [-0.3, -0.25) is 0 Å². The zero-order chi connectivity index (χ0) is 21.1. The highest BCUT2D eigenvalue weighted by Crippen LogP contribution is 2.17. The average Bonchev–Trinajstić information content (AvgIpc) is 2.97. The van der Waals surface area contributed by atoms with E-state index >= 15 is 0 Å². The third-order valence-electron chi connectivity index (χ3n) is 5.06. The molecule has 0 radical (unpaired) electrons. The first-order chi connectivity index (χ1) is 13.8. The van der Waals surface area contributed by atoms with E-state index in [4.69, 9.17) is 10.5 Å². The number of hydrogen-bond acceptors (Lipinski definition) is 3. The number of benzene rings is 2. The number of aromatic nitrogens is 1. The number of nitrogens with zero attached hydrogens (tertiary/aromatic N) is 2. The standard InChI is InChI=1S/C24H29N3O2/c1-16(2)27-18(4)23(21-13-20(25)11-12-22(21)27)17(3)14-26(5)24(28)29-15-19-9-7-6-8-10-19/h6-13,16H,4,14-15,25H2,1-3,5H3/b23-17-. The van der Waals surface area contributed by atoms with Gasteiger partial charge in [0.05, 0.1) is 0 Å². The Hall–Kier alpha value is -3.21. The Morgan fingerprint density at radius 3 is 2.55 bits per heavy atom. The van der Waals surface area contributed by atoms with Gasteiger partial charge in [-0.05, 0) is 50.1 Å². The molecule has 29 heavy (non-hydrogen) atoms. The Kier molecular flexibility index (Phi) is 5.97. The Balaban J connectivity index is 1.90. The van der Waals surface area contributed by atoms with Crippen molar-refractivity contribution in [2.75, 3.05) is 19.3 Å². The number of nitrogen functional groups attached to an aromatic ring is 1. The lowest BCUT2D eigenvalue weighted by molar-refractivity contribution is 0.108. The van der Waals surface area contributed by atoms with Gasteiger partial charge in [-0.2, -0.15) is 0 Å². The molecule has 5 heteroatoms. The fourth-order valence-electron chi connectivity index (χ4n) is 3.78. The molecule has 1 amide bonds.